The summed E-state index contributed by atoms with van der Waals surface area (Å²) < 4.78 is 13.9. The predicted molar refractivity (Wildman–Crippen MR) is 66.8 cm³/mol. The van der Waals surface area contributed by atoms with E-state index in [1.807, 2.05) is 13.0 Å². The molecule has 0 saturated carbocycles. The Hall–Kier alpha value is -1.88. The van der Waals surface area contributed by atoms with E-state index in [4.69, 9.17) is 10.8 Å². The number of benzene rings is 1. The van der Waals surface area contributed by atoms with Gasteiger partial charge in [0.05, 0.1) is 0 Å². The number of rotatable bonds is 4. The topological polar surface area (TPSA) is 79.1 Å². The zero-order valence-electron chi connectivity index (χ0n) is 10.0. The minimum atomic E-state index is -0.928. The molecule has 0 bridgehead atoms. The number of carboxylic acids is 1. The van der Waals surface area contributed by atoms with Gasteiger partial charge in [-0.2, -0.15) is 0 Å². The first-order valence-electron chi connectivity index (χ1n) is 5.73. The van der Waals surface area contributed by atoms with Crippen LogP contribution in [0.2, 0.25) is 0 Å². The standard InChI is InChI=1S/C13H15FN2O2/c1-7-4-8-5-10(14)9(6-12(8)16-7)11(15)2-3-13(17)18/h4-6,11,16H,2-3,15H2,1H3,(H,17,18). The molecular weight excluding hydrogens is 235 g/mol. The van der Waals surface area contributed by atoms with Gasteiger partial charge in [-0.1, -0.05) is 0 Å². The lowest BCUT2D eigenvalue weighted by atomic mass is 10.0. The highest BCUT2D eigenvalue weighted by Gasteiger charge is 2.14. The van der Waals surface area contributed by atoms with E-state index in [1.165, 1.54) is 6.07 Å². The number of aromatic amines is 1. The lowest BCUT2D eigenvalue weighted by Crippen LogP contribution is -2.13. The van der Waals surface area contributed by atoms with Gasteiger partial charge in [-0.05, 0) is 31.5 Å². The van der Waals surface area contributed by atoms with E-state index in [1.54, 1.807) is 6.07 Å². The van der Waals surface area contributed by atoms with Gasteiger partial charge in [-0.15, -0.1) is 0 Å². The largest absolute Gasteiger partial charge is 0.481 e. The number of H-pyrrole nitrogens is 1. The Bertz CT molecular complexity index is 592. The summed E-state index contributed by atoms with van der Waals surface area (Å²) in [5.41, 5.74) is 7.94. The van der Waals surface area contributed by atoms with Crippen LogP contribution < -0.4 is 5.73 Å². The van der Waals surface area contributed by atoms with Crippen molar-refractivity contribution in [3.8, 4) is 0 Å². The molecule has 0 radical (unpaired) electrons. The Morgan fingerprint density at radius 2 is 2.22 bits per heavy atom. The van der Waals surface area contributed by atoms with Crippen LogP contribution in [0.5, 0.6) is 0 Å². The highest BCUT2D eigenvalue weighted by molar-refractivity contribution is 5.81. The maximum absolute atomic E-state index is 13.9. The zero-order chi connectivity index (χ0) is 13.3. The lowest BCUT2D eigenvalue weighted by Gasteiger charge is -2.12. The highest BCUT2D eigenvalue weighted by Crippen LogP contribution is 2.25. The molecule has 0 aliphatic rings. The van der Waals surface area contributed by atoms with Crippen LogP contribution in [-0.4, -0.2) is 16.1 Å². The van der Waals surface area contributed by atoms with Crippen molar-refractivity contribution in [1.29, 1.82) is 0 Å². The normalized spacial score (nSPS) is 12.8. The summed E-state index contributed by atoms with van der Waals surface area (Å²) in [5.74, 6) is -1.32. The molecule has 1 aromatic carbocycles. The van der Waals surface area contributed by atoms with Crippen molar-refractivity contribution in [2.45, 2.75) is 25.8 Å². The number of nitrogens with one attached hydrogen (secondary N) is 1. The minimum absolute atomic E-state index is 0.0671. The van der Waals surface area contributed by atoms with Crippen LogP contribution in [0.3, 0.4) is 0 Å². The Kier molecular flexibility index (Phi) is 3.34. The summed E-state index contributed by atoms with van der Waals surface area (Å²) in [7, 11) is 0. The van der Waals surface area contributed by atoms with Crippen LogP contribution in [-0.2, 0) is 4.79 Å². The molecule has 2 rings (SSSR count). The lowest BCUT2D eigenvalue weighted by molar-refractivity contribution is -0.137. The van der Waals surface area contributed by atoms with Gasteiger partial charge >= 0.3 is 5.97 Å². The van der Waals surface area contributed by atoms with Crippen molar-refractivity contribution >= 4 is 16.9 Å². The van der Waals surface area contributed by atoms with E-state index in [2.05, 4.69) is 4.98 Å². The summed E-state index contributed by atoms with van der Waals surface area (Å²) >= 11 is 0. The van der Waals surface area contributed by atoms with Gasteiger partial charge in [0.2, 0.25) is 0 Å². The molecule has 4 nitrogen and oxygen atoms in total. The maximum atomic E-state index is 13.9. The summed E-state index contributed by atoms with van der Waals surface area (Å²) in [6.45, 7) is 1.89. The first-order valence-corrected chi connectivity index (χ1v) is 5.73. The minimum Gasteiger partial charge on any atom is -0.481 e. The molecule has 1 heterocycles. The highest BCUT2D eigenvalue weighted by atomic mass is 19.1. The smallest absolute Gasteiger partial charge is 0.303 e. The van der Waals surface area contributed by atoms with Crippen molar-refractivity contribution < 1.29 is 14.3 Å². The van der Waals surface area contributed by atoms with E-state index in [-0.39, 0.29) is 18.7 Å². The van der Waals surface area contributed by atoms with Crippen molar-refractivity contribution in [1.82, 2.24) is 4.98 Å². The van der Waals surface area contributed by atoms with Crippen LogP contribution >= 0.6 is 0 Å². The number of fused-ring (bicyclic) bond motifs is 1. The molecule has 0 saturated heterocycles. The number of hydrogen-bond acceptors (Lipinski definition) is 2. The van der Waals surface area contributed by atoms with Crippen LogP contribution in [0.1, 0.15) is 30.1 Å². The summed E-state index contributed by atoms with van der Waals surface area (Å²) in [6, 6.07) is 4.33. The van der Waals surface area contributed by atoms with Crippen molar-refractivity contribution in [3.63, 3.8) is 0 Å². The summed E-state index contributed by atoms with van der Waals surface area (Å²) in [6.07, 6.45) is 0.153. The number of hydrogen-bond donors (Lipinski definition) is 3. The Labute approximate surface area is 104 Å². The SMILES string of the molecule is Cc1cc2cc(F)c(C(N)CCC(=O)O)cc2[nH]1. The fraction of sp³-hybridized carbons (Fsp3) is 0.308. The first-order chi connectivity index (χ1) is 8.47. The molecule has 1 atom stereocenters. The Morgan fingerprint density at radius 1 is 1.50 bits per heavy atom. The molecule has 0 spiro atoms. The van der Waals surface area contributed by atoms with E-state index in [9.17, 15) is 9.18 Å². The predicted octanol–water partition coefficient (Wildman–Crippen LogP) is 2.48. The molecule has 96 valence electrons. The number of aryl methyl sites for hydroxylation is 1. The molecule has 4 N–H and O–H groups in total. The number of halogens is 1. The van der Waals surface area contributed by atoms with Crippen molar-refractivity contribution in [2.75, 3.05) is 0 Å². The number of nitrogens with two attached hydrogens (primary N) is 1. The molecule has 1 unspecified atom stereocenters. The van der Waals surface area contributed by atoms with E-state index >= 15 is 0 Å². The monoisotopic (exact) mass is 250 g/mol. The van der Waals surface area contributed by atoms with E-state index in [0.29, 0.717) is 5.56 Å². The van der Waals surface area contributed by atoms with Gasteiger partial charge < -0.3 is 15.8 Å². The molecule has 5 heteroatoms. The van der Waals surface area contributed by atoms with E-state index < -0.39 is 12.0 Å². The molecular formula is C13H15FN2O2. The van der Waals surface area contributed by atoms with Crippen molar-refractivity contribution in [2.24, 2.45) is 5.73 Å². The second-order valence-electron chi connectivity index (χ2n) is 4.45. The molecule has 1 aromatic heterocycles. The summed E-state index contributed by atoms with van der Waals surface area (Å²) in [5, 5.41) is 9.39. The second-order valence-corrected chi connectivity index (χ2v) is 4.45. The maximum Gasteiger partial charge on any atom is 0.303 e. The van der Waals surface area contributed by atoms with Gasteiger partial charge in [-0.25, -0.2) is 4.39 Å². The molecule has 2 aromatic rings. The van der Waals surface area contributed by atoms with Gasteiger partial charge in [0.15, 0.2) is 0 Å². The quantitative estimate of drug-likeness (QED) is 0.780. The molecule has 18 heavy (non-hydrogen) atoms. The van der Waals surface area contributed by atoms with Gasteiger partial charge in [-0.3, -0.25) is 4.79 Å². The van der Waals surface area contributed by atoms with Gasteiger partial charge in [0.25, 0.3) is 0 Å². The van der Waals surface area contributed by atoms with Crippen LogP contribution in [0.25, 0.3) is 10.9 Å². The van der Waals surface area contributed by atoms with E-state index in [0.717, 1.165) is 16.6 Å². The molecule has 0 aliphatic carbocycles. The average molecular weight is 250 g/mol. The number of carbonyl (C=O) groups is 1. The van der Waals surface area contributed by atoms with Gasteiger partial charge in [0, 0.05) is 34.6 Å². The number of carboxylic acid groups (broad SMARTS) is 1. The Morgan fingerprint density at radius 3 is 2.89 bits per heavy atom. The third kappa shape index (κ3) is 2.51. The number of aromatic nitrogens is 1. The third-order valence-electron chi connectivity index (χ3n) is 2.94. The third-order valence-corrected chi connectivity index (χ3v) is 2.94. The fourth-order valence-electron chi connectivity index (χ4n) is 2.03. The van der Waals surface area contributed by atoms with Crippen LogP contribution in [0.15, 0.2) is 18.2 Å². The zero-order valence-corrected chi connectivity index (χ0v) is 10.0. The Balaban J connectivity index is 2.31. The molecule has 0 amide bonds. The second kappa shape index (κ2) is 4.78. The van der Waals surface area contributed by atoms with Gasteiger partial charge in [0.1, 0.15) is 5.82 Å². The average Bonchev–Trinajstić information content (AvgIpc) is 2.64. The van der Waals surface area contributed by atoms with Crippen molar-refractivity contribution in [3.05, 3.63) is 35.3 Å². The van der Waals surface area contributed by atoms with Crippen LogP contribution in [0.4, 0.5) is 4.39 Å². The fourth-order valence-corrected chi connectivity index (χ4v) is 2.03. The number of aliphatic carboxylic acids is 1. The van der Waals surface area contributed by atoms with Crippen LogP contribution in [0, 0.1) is 12.7 Å². The molecule has 0 aliphatic heterocycles. The first kappa shape index (κ1) is 12.6. The summed E-state index contributed by atoms with van der Waals surface area (Å²) in [4.78, 5) is 13.6. The molecule has 0 fully saturated rings.